The second kappa shape index (κ2) is 4.40. The van der Waals surface area contributed by atoms with Gasteiger partial charge in [-0.25, -0.2) is 4.79 Å². The molecule has 3 N–H and O–H groups in total. The van der Waals surface area contributed by atoms with Gasteiger partial charge in [-0.3, -0.25) is 5.10 Å². The molecular weight excluding hydrogens is 236 g/mol. The summed E-state index contributed by atoms with van der Waals surface area (Å²) in [6.07, 6.45) is 0. The average molecular weight is 248 g/mol. The van der Waals surface area contributed by atoms with Crippen LogP contribution in [-0.2, 0) is 0 Å². The van der Waals surface area contributed by atoms with Gasteiger partial charge in [0.2, 0.25) is 0 Å². The standard InChI is InChI=1S/C12H12N2O4/c1-6-10(12(16)17)11(14-13-6)8-4-3-7(18-2)5-9(8)15/h3-5,15H,1-2H3,(H,13,14)(H,16,17). The third-order valence-electron chi connectivity index (χ3n) is 2.62. The molecule has 18 heavy (non-hydrogen) atoms. The summed E-state index contributed by atoms with van der Waals surface area (Å²) in [4.78, 5) is 11.1. The zero-order valence-corrected chi connectivity index (χ0v) is 9.89. The lowest BCUT2D eigenvalue weighted by molar-refractivity contribution is 0.0697. The average Bonchev–Trinajstić information content (AvgIpc) is 2.70. The number of carboxylic acids is 1. The number of aromatic carboxylic acids is 1. The van der Waals surface area contributed by atoms with Gasteiger partial charge < -0.3 is 14.9 Å². The first-order chi connectivity index (χ1) is 8.54. The summed E-state index contributed by atoms with van der Waals surface area (Å²) < 4.78 is 4.96. The molecule has 0 aliphatic carbocycles. The molecule has 0 spiro atoms. The maximum Gasteiger partial charge on any atom is 0.339 e. The highest BCUT2D eigenvalue weighted by Gasteiger charge is 2.20. The van der Waals surface area contributed by atoms with Gasteiger partial charge in [0.1, 0.15) is 22.8 Å². The lowest BCUT2D eigenvalue weighted by Crippen LogP contribution is -1.99. The number of carboxylic acid groups (broad SMARTS) is 1. The van der Waals surface area contributed by atoms with E-state index in [4.69, 9.17) is 9.84 Å². The minimum atomic E-state index is -1.09. The molecule has 0 saturated carbocycles. The number of nitrogens with one attached hydrogen (secondary N) is 1. The van der Waals surface area contributed by atoms with E-state index in [-0.39, 0.29) is 17.0 Å². The number of aromatic hydroxyl groups is 1. The molecule has 0 aliphatic rings. The van der Waals surface area contributed by atoms with Crippen LogP contribution in [0, 0.1) is 6.92 Å². The highest BCUT2D eigenvalue weighted by molar-refractivity contribution is 5.96. The molecule has 1 aromatic heterocycles. The molecular formula is C12H12N2O4. The number of aromatic nitrogens is 2. The maximum atomic E-state index is 11.1. The summed E-state index contributed by atoms with van der Waals surface area (Å²) in [5, 5.41) is 25.5. The Labute approximate surface area is 103 Å². The summed E-state index contributed by atoms with van der Waals surface area (Å²) in [5.41, 5.74) is 1.04. The molecule has 2 rings (SSSR count). The summed E-state index contributed by atoms with van der Waals surface area (Å²) in [6, 6.07) is 4.60. The van der Waals surface area contributed by atoms with Crippen molar-refractivity contribution in [3.63, 3.8) is 0 Å². The second-order valence-electron chi connectivity index (χ2n) is 3.76. The number of hydrogen-bond acceptors (Lipinski definition) is 4. The minimum absolute atomic E-state index is 0.0514. The third-order valence-corrected chi connectivity index (χ3v) is 2.62. The van der Waals surface area contributed by atoms with Crippen LogP contribution < -0.4 is 4.74 Å². The van der Waals surface area contributed by atoms with E-state index in [0.29, 0.717) is 17.0 Å². The molecule has 0 aliphatic heterocycles. The highest BCUT2D eigenvalue weighted by Crippen LogP contribution is 2.33. The fourth-order valence-electron chi connectivity index (χ4n) is 1.72. The second-order valence-corrected chi connectivity index (χ2v) is 3.76. The van der Waals surface area contributed by atoms with Crippen molar-refractivity contribution >= 4 is 5.97 Å². The molecule has 6 heteroatoms. The Morgan fingerprint density at radius 1 is 1.44 bits per heavy atom. The van der Waals surface area contributed by atoms with Crippen LogP contribution in [-0.4, -0.2) is 33.5 Å². The molecule has 6 nitrogen and oxygen atoms in total. The zero-order chi connectivity index (χ0) is 13.3. The number of phenols is 1. The van der Waals surface area contributed by atoms with Gasteiger partial charge >= 0.3 is 5.97 Å². The maximum absolute atomic E-state index is 11.1. The van der Waals surface area contributed by atoms with Crippen molar-refractivity contribution in [3.8, 4) is 22.8 Å². The number of methoxy groups -OCH3 is 1. The summed E-state index contributed by atoms with van der Waals surface area (Å²) in [6.45, 7) is 1.61. The first-order valence-corrected chi connectivity index (χ1v) is 5.20. The molecule has 0 saturated heterocycles. The number of benzene rings is 1. The van der Waals surface area contributed by atoms with Gasteiger partial charge in [0, 0.05) is 17.3 Å². The van der Waals surface area contributed by atoms with Crippen molar-refractivity contribution in [3.05, 3.63) is 29.5 Å². The quantitative estimate of drug-likeness (QED) is 0.769. The number of nitrogens with zero attached hydrogens (tertiary/aromatic N) is 1. The van der Waals surface area contributed by atoms with E-state index < -0.39 is 5.97 Å². The Kier molecular flexibility index (Phi) is 2.93. The number of phenolic OH excluding ortho intramolecular Hbond substituents is 1. The van der Waals surface area contributed by atoms with Crippen molar-refractivity contribution in [1.29, 1.82) is 0 Å². The number of rotatable bonds is 3. The van der Waals surface area contributed by atoms with Gasteiger partial charge in [-0.15, -0.1) is 0 Å². The monoisotopic (exact) mass is 248 g/mol. The van der Waals surface area contributed by atoms with Crippen LogP contribution in [0.25, 0.3) is 11.3 Å². The largest absolute Gasteiger partial charge is 0.507 e. The number of hydrogen-bond donors (Lipinski definition) is 3. The molecule has 0 atom stereocenters. The van der Waals surface area contributed by atoms with Crippen LogP contribution in [0.1, 0.15) is 16.1 Å². The lowest BCUT2D eigenvalue weighted by Gasteiger charge is -2.05. The topological polar surface area (TPSA) is 95.4 Å². The van der Waals surface area contributed by atoms with Gasteiger partial charge in [-0.05, 0) is 19.1 Å². The van der Waals surface area contributed by atoms with E-state index in [2.05, 4.69) is 10.2 Å². The Morgan fingerprint density at radius 2 is 2.17 bits per heavy atom. The third kappa shape index (κ3) is 1.88. The Bertz CT molecular complexity index is 604. The van der Waals surface area contributed by atoms with E-state index >= 15 is 0 Å². The van der Waals surface area contributed by atoms with E-state index in [9.17, 15) is 9.90 Å². The molecule has 1 aromatic carbocycles. The number of aryl methyl sites for hydroxylation is 1. The van der Waals surface area contributed by atoms with Crippen molar-refractivity contribution in [2.24, 2.45) is 0 Å². The van der Waals surface area contributed by atoms with E-state index in [1.807, 2.05) is 0 Å². The fraction of sp³-hybridized carbons (Fsp3) is 0.167. The molecule has 0 fully saturated rings. The van der Waals surface area contributed by atoms with Gasteiger partial charge in [0.25, 0.3) is 0 Å². The molecule has 2 aromatic rings. The predicted molar refractivity (Wildman–Crippen MR) is 63.9 cm³/mol. The fourth-order valence-corrected chi connectivity index (χ4v) is 1.72. The van der Waals surface area contributed by atoms with Crippen molar-refractivity contribution in [1.82, 2.24) is 10.2 Å². The summed E-state index contributed by atoms with van der Waals surface area (Å²) in [5.74, 6) is -0.685. The molecule has 0 amide bonds. The highest BCUT2D eigenvalue weighted by atomic mass is 16.5. The van der Waals surface area contributed by atoms with Crippen molar-refractivity contribution in [2.75, 3.05) is 7.11 Å². The minimum Gasteiger partial charge on any atom is -0.507 e. The smallest absolute Gasteiger partial charge is 0.339 e. The van der Waals surface area contributed by atoms with Crippen molar-refractivity contribution < 1.29 is 19.7 Å². The van der Waals surface area contributed by atoms with Crippen LogP contribution in [0.15, 0.2) is 18.2 Å². The van der Waals surface area contributed by atoms with Crippen molar-refractivity contribution in [2.45, 2.75) is 6.92 Å². The lowest BCUT2D eigenvalue weighted by atomic mass is 10.1. The molecule has 0 radical (unpaired) electrons. The molecule has 0 bridgehead atoms. The first kappa shape index (κ1) is 12.0. The number of carbonyl (C=O) groups is 1. The number of H-pyrrole nitrogens is 1. The zero-order valence-electron chi connectivity index (χ0n) is 9.89. The Balaban J connectivity index is 2.59. The normalized spacial score (nSPS) is 10.3. The van der Waals surface area contributed by atoms with Crippen LogP contribution in [0.2, 0.25) is 0 Å². The SMILES string of the molecule is COc1ccc(-c2n[nH]c(C)c2C(=O)O)c(O)c1. The number of ether oxygens (including phenoxy) is 1. The Morgan fingerprint density at radius 3 is 2.72 bits per heavy atom. The van der Waals surface area contributed by atoms with E-state index in [1.54, 1.807) is 19.1 Å². The van der Waals surface area contributed by atoms with Crippen LogP contribution >= 0.6 is 0 Å². The van der Waals surface area contributed by atoms with Gasteiger partial charge in [0.05, 0.1) is 7.11 Å². The molecule has 94 valence electrons. The summed E-state index contributed by atoms with van der Waals surface area (Å²) >= 11 is 0. The van der Waals surface area contributed by atoms with Gasteiger partial charge in [-0.1, -0.05) is 0 Å². The predicted octanol–water partition coefficient (Wildman–Crippen LogP) is 1.80. The Hall–Kier alpha value is -2.50. The van der Waals surface area contributed by atoms with E-state index in [0.717, 1.165) is 0 Å². The van der Waals surface area contributed by atoms with E-state index in [1.165, 1.54) is 13.2 Å². The molecule has 1 heterocycles. The van der Waals surface area contributed by atoms with Crippen LogP contribution in [0.4, 0.5) is 0 Å². The first-order valence-electron chi connectivity index (χ1n) is 5.20. The summed E-state index contributed by atoms with van der Waals surface area (Å²) in [7, 11) is 1.48. The number of aromatic amines is 1. The molecule has 0 unspecified atom stereocenters. The van der Waals surface area contributed by atoms with Gasteiger partial charge in [-0.2, -0.15) is 5.10 Å². The van der Waals surface area contributed by atoms with Crippen LogP contribution in [0.3, 0.4) is 0 Å². The van der Waals surface area contributed by atoms with Crippen LogP contribution in [0.5, 0.6) is 11.5 Å². The van der Waals surface area contributed by atoms with Gasteiger partial charge in [0.15, 0.2) is 0 Å².